The number of aromatic nitrogens is 1. The van der Waals surface area contributed by atoms with Crippen LogP contribution in [0.4, 0.5) is 5.13 Å². The minimum absolute atomic E-state index is 0.0108. The predicted molar refractivity (Wildman–Crippen MR) is 90.3 cm³/mol. The smallest absolute Gasteiger partial charge is 0.226 e. The zero-order valence-electron chi connectivity index (χ0n) is 12.9. The first kappa shape index (κ1) is 15.8. The number of anilines is 1. The van der Waals surface area contributed by atoms with Crippen LogP contribution in [0.2, 0.25) is 0 Å². The molecule has 2 N–H and O–H groups in total. The van der Waals surface area contributed by atoms with Crippen LogP contribution in [0.3, 0.4) is 0 Å². The highest BCUT2D eigenvalue weighted by atomic mass is 32.1. The maximum Gasteiger partial charge on any atom is 0.226 e. The standard InChI is InChI=1S/C16H19N3O3S/c1-17-6-2-3-15(20)19-16-18-12(10-23-16)11-4-5-13-14(9-11)22-8-7-21-13/h4-5,9-10,17H,2-3,6-8H2,1H3,(H,18,19,20). The Labute approximate surface area is 138 Å². The fraction of sp³-hybridized carbons (Fsp3) is 0.375. The van der Waals surface area contributed by atoms with Gasteiger partial charge in [-0.05, 0) is 38.2 Å². The number of thiazole rings is 1. The number of nitrogens with one attached hydrogen (secondary N) is 2. The van der Waals surface area contributed by atoms with Crippen LogP contribution >= 0.6 is 11.3 Å². The minimum atomic E-state index is -0.0108. The second-order valence-electron chi connectivity index (χ2n) is 5.15. The van der Waals surface area contributed by atoms with Gasteiger partial charge in [0.1, 0.15) is 13.2 Å². The Bertz CT molecular complexity index is 687. The average Bonchev–Trinajstić information content (AvgIpc) is 3.03. The summed E-state index contributed by atoms with van der Waals surface area (Å²) in [5.41, 5.74) is 1.76. The van der Waals surface area contributed by atoms with E-state index in [1.165, 1.54) is 11.3 Å². The van der Waals surface area contributed by atoms with Gasteiger partial charge in [0.15, 0.2) is 16.6 Å². The van der Waals surface area contributed by atoms with E-state index >= 15 is 0 Å². The van der Waals surface area contributed by atoms with Gasteiger partial charge in [0, 0.05) is 17.4 Å². The van der Waals surface area contributed by atoms with E-state index in [0.717, 1.165) is 35.7 Å². The zero-order valence-corrected chi connectivity index (χ0v) is 13.7. The van der Waals surface area contributed by atoms with Crippen molar-refractivity contribution >= 4 is 22.4 Å². The van der Waals surface area contributed by atoms with Gasteiger partial charge in [-0.3, -0.25) is 4.79 Å². The Morgan fingerprint density at radius 1 is 1.30 bits per heavy atom. The van der Waals surface area contributed by atoms with E-state index in [0.29, 0.717) is 24.8 Å². The first-order chi connectivity index (χ1) is 11.3. The molecule has 2 heterocycles. The number of benzene rings is 1. The molecule has 1 aromatic carbocycles. The second-order valence-corrected chi connectivity index (χ2v) is 6.01. The molecule has 3 rings (SSSR count). The lowest BCUT2D eigenvalue weighted by molar-refractivity contribution is -0.116. The van der Waals surface area contributed by atoms with Crippen molar-refractivity contribution in [3.63, 3.8) is 0 Å². The number of nitrogens with zero attached hydrogens (tertiary/aromatic N) is 1. The van der Waals surface area contributed by atoms with Gasteiger partial charge >= 0.3 is 0 Å². The van der Waals surface area contributed by atoms with Gasteiger partial charge in [-0.25, -0.2) is 4.98 Å². The molecule has 0 fully saturated rings. The second kappa shape index (κ2) is 7.43. The van der Waals surface area contributed by atoms with Crippen molar-refractivity contribution in [3.8, 4) is 22.8 Å². The van der Waals surface area contributed by atoms with Gasteiger partial charge in [-0.2, -0.15) is 0 Å². The zero-order chi connectivity index (χ0) is 16.1. The summed E-state index contributed by atoms with van der Waals surface area (Å²) in [6, 6.07) is 5.75. The molecule has 1 aliphatic heterocycles. The van der Waals surface area contributed by atoms with Crippen molar-refractivity contribution in [2.75, 3.05) is 32.1 Å². The molecular formula is C16H19N3O3S. The monoisotopic (exact) mass is 333 g/mol. The Morgan fingerprint density at radius 3 is 2.96 bits per heavy atom. The van der Waals surface area contributed by atoms with Gasteiger partial charge < -0.3 is 20.1 Å². The summed E-state index contributed by atoms with van der Waals surface area (Å²) < 4.78 is 11.1. The molecule has 1 aromatic heterocycles. The number of ether oxygens (including phenoxy) is 2. The summed E-state index contributed by atoms with van der Waals surface area (Å²) in [6.07, 6.45) is 1.29. The highest BCUT2D eigenvalue weighted by Gasteiger charge is 2.14. The first-order valence-electron chi connectivity index (χ1n) is 7.56. The fourth-order valence-electron chi connectivity index (χ4n) is 2.27. The molecule has 7 heteroatoms. The number of rotatable bonds is 6. The molecular weight excluding hydrogens is 314 g/mol. The minimum Gasteiger partial charge on any atom is -0.486 e. The molecule has 1 aliphatic rings. The highest BCUT2D eigenvalue weighted by Crippen LogP contribution is 2.35. The van der Waals surface area contributed by atoms with E-state index in [1.807, 2.05) is 30.6 Å². The van der Waals surface area contributed by atoms with Gasteiger partial charge in [-0.1, -0.05) is 0 Å². The van der Waals surface area contributed by atoms with Crippen molar-refractivity contribution < 1.29 is 14.3 Å². The number of hydrogen-bond acceptors (Lipinski definition) is 6. The van der Waals surface area contributed by atoms with Crippen molar-refractivity contribution in [2.45, 2.75) is 12.8 Å². The highest BCUT2D eigenvalue weighted by molar-refractivity contribution is 7.14. The lowest BCUT2D eigenvalue weighted by atomic mass is 10.1. The lowest BCUT2D eigenvalue weighted by Gasteiger charge is -2.18. The van der Waals surface area contributed by atoms with E-state index in [1.54, 1.807) is 0 Å². The van der Waals surface area contributed by atoms with Crippen LogP contribution in [0.1, 0.15) is 12.8 Å². The van der Waals surface area contributed by atoms with E-state index in [4.69, 9.17) is 9.47 Å². The molecule has 0 bridgehead atoms. The molecule has 23 heavy (non-hydrogen) atoms. The van der Waals surface area contributed by atoms with Crippen molar-refractivity contribution in [1.29, 1.82) is 0 Å². The fourth-order valence-corrected chi connectivity index (χ4v) is 3.01. The molecule has 0 aliphatic carbocycles. The molecule has 2 aromatic rings. The molecule has 0 spiro atoms. The van der Waals surface area contributed by atoms with Gasteiger partial charge in [0.05, 0.1) is 5.69 Å². The summed E-state index contributed by atoms with van der Waals surface area (Å²) in [4.78, 5) is 16.3. The Hall–Kier alpha value is -2.12. The molecule has 0 saturated carbocycles. The van der Waals surface area contributed by atoms with E-state index < -0.39 is 0 Å². The molecule has 0 radical (unpaired) electrons. The Kier molecular flexibility index (Phi) is 5.09. The van der Waals surface area contributed by atoms with Crippen LogP contribution < -0.4 is 20.1 Å². The van der Waals surface area contributed by atoms with Crippen LogP contribution in [0.5, 0.6) is 11.5 Å². The Morgan fingerprint density at radius 2 is 2.13 bits per heavy atom. The normalized spacial score (nSPS) is 12.9. The maximum absolute atomic E-state index is 11.8. The van der Waals surface area contributed by atoms with Gasteiger partial charge in [0.25, 0.3) is 0 Å². The van der Waals surface area contributed by atoms with Crippen molar-refractivity contribution in [2.24, 2.45) is 0 Å². The molecule has 122 valence electrons. The molecule has 0 atom stereocenters. The SMILES string of the molecule is CNCCCC(=O)Nc1nc(-c2ccc3c(c2)OCCO3)cs1. The number of hydrogen-bond donors (Lipinski definition) is 2. The summed E-state index contributed by atoms with van der Waals surface area (Å²) in [6.45, 7) is 1.96. The third kappa shape index (κ3) is 4.00. The average molecular weight is 333 g/mol. The molecule has 0 unspecified atom stereocenters. The summed E-state index contributed by atoms with van der Waals surface area (Å²) in [5.74, 6) is 1.48. The van der Waals surface area contributed by atoms with Crippen LogP contribution in [-0.4, -0.2) is 37.7 Å². The molecule has 1 amide bonds. The van der Waals surface area contributed by atoms with Crippen LogP contribution in [0, 0.1) is 0 Å². The van der Waals surface area contributed by atoms with E-state index in [9.17, 15) is 4.79 Å². The summed E-state index contributed by atoms with van der Waals surface area (Å²) in [7, 11) is 1.87. The third-order valence-corrected chi connectivity index (χ3v) is 4.18. The van der Waals surface area contributed by atoms with Gasteiger partial charge in [-0.15, -0.1) is 11.3 Å². The van der Waals surface area contributed by atoms with E-state index in [-0.39, 0.29) is 5.91 Å². The number of fused-ring (bicyclic) bond motifs is 1. The van der Waals surface area contributed by atoms with Crippen molar-refractivity contribution in [3.05, 3.63) is 23.6 Å². The number of carbonyl (C=O) groups excluding carboxylic acids is 1. The van der Waals surface area contributed by atoms with Crippen LogP contribution in [0.25, 0.3) is 11.3 Å². The third-order valence-electron chi connectivity index (χ3n) is 3.42. The summed E-state index contributed by atoms with van der Waals surface area (Å²) in [5, 5.41) is 8.40. The largest absolute Gasteiger partial charge is 0.486 e. The summed E-state index contributed by atoms with van der Waals surface area (Å²) >= 11 is 1.42. The quantitative estimate of drug-likeness (QED) is 0.795. The molecule has 0 saturated heterocycles. The first-order valence-corrected chi connectivity index (χ1v) is 8.44. The van der Waals surface area contributed by atoms with Crippen LogP contribution in [0.15, 0.2) is 23.6 Å². The Balaban J connectivity index is 1.66. The van der Waals surface area contributed by atoms with Crippen LogP contribution in [-0.2, 0) is 4.79 Å². The topological polar surface area (TPSA) is 72.5 Å². The number of carbonyl (C=O) groups is 1. The predicted octanol–water partition coefficient (Wildman–Crippen LogP) is 2.52. The molecule has 6 nitrogen and oxygen atoms in total. The maximum atomic E-state index is 11.8. The van der Waals surface area contributed by atoms with E-state index in [2.05, 4.69) is 15.6 Å². The number of amides is 1. The van der Waals surface area contributed by atoms with Crippen molar-refractivity contribution in [1.82, 2.24) is 10.3 Å². The lowest BCUT2D eigenvalue weighted by Crippen LogP contribution is -2.15. The van der Waals surface area contributed by atoms with Gasteiger partial charge in [0.2, 0.25) is 5.91 Å².